The van der Waals surface area contributed by atoms with Crippen molar-refractivity contribution in [2.75, 3.05) is 10.0 Å². The van der Waals surface area contributed by atoms with Crippen LogP contribution in [-0.2, 0) is 14.8 Å². The van der Waals surface area contributed by atoms with Crippen molar-refractivity contribution < 1.29 is 13.2 Å². The van der Waals surface area contributed by atoms with Crippen LogP contribution in [0, 0.1) is 0 Å². The number of pyridine rings is 1. The molecular formula is C26H23N3O3S. The van der Waals surface area contributed by atoms with Gasteiger partial charge < -0.3 is 5.32 Å². The Kier molecular flexibility index (Phi) is 6.80. The molecule has 1 heterocycles. The van der Waals surface area contributed by atoms with Gasteiger partial charge in [0.25, 0.3) is 10.0 Å². The van der Waals surface area contributed by atoms with Crippen molar-refractivity contribution in [2.45, 2.75) is 17.2 Å². The van der Waals surface area contributed by atoms with Gasteiger partial charge in [-0.25, -0.2) is 8.42 Å². The quantitative estimate of drug-likeness (QED) is 0.388. The number of rotatable bonds is 8. The van der Waals surface area contributed by atoms with Crippen molar-refractivity contribution in [3.05, 3.63) is 121 Å². The molecule has 33 heavy (non-hydrogen) atoms. The van der Waals surface area contributed by atoms with E-state index < -0.39 is 10.0 Å². The lowest BCUT2D eigenvalue weighted by Crippen LogP contribution is -2.17. The molecule has 0 aliphatic carbocycles. The van der Waals surface area contributed by atoms with Gasteiger partial charge in [0.2, 0.25) is 5.91 Å². The zero-order valence-corrected chi connectivity index (χ0v) is 18.6. The van der Waals surface area contributed by atoms with Crippen LogP contribution in [0.1, 0.15) is 23.5 Å². The van der Waals surface area contributed by atoms with E-state index in [-0.39, 0.29) is 23.1 Å². The van der Waals surface area contributed by atoms with Gasteiger partial charge in [-0.3, -0.25) is 14.5 Å². The second kappa shape index (κ2) is 10.1. The average Bonchev–Trinajstić information content (AvgIpc) is 2.84. The molecule has 0 atom stereocenters. The maximum absolute atomic E-state index is 12.8. The molecule has 0 aliphatic heterocycles. The van der Waals surface area contributed by atoms with Gasteiger partial charge in [-0.15, -0.1) is 0 Å². The van der Waals surface area contributed by atoms with E-state index in [1.807, 2.05) is 60.7 Å². The summed E-state index contributed by atoms with van der Waals surface area (Å²) in [6.45, 7) is 0. The molecule has 2 N–H and O–H groups in total. The predicted octanol–water partition coefficient (Wildman–Crippen LogP) is 5.04. The molecule has 6 nitrogen and oxygen atoms in total. The van der Waals surface area contributed by atoms with Crippen molar-refractivity contribution in [3.63, 3.8) is 0 Å². The fourth-order valence-electron chi connectivity index (χ4n) is 3.55. The first-order valence-electron chi connectivity index (χ1n) is 10.4. The number of carbonyl (C=O) groups is 1. The fraction of sp³-hybridized carbons (Fsp3) is 0.0769. The van der Waals surface area contributed by atoms with Gasteiger partial charge in [-0.1, -0.05) is 60.7 Å². The highest BCUT2D eigenvalue weighted by atomic mass is 32.2. The van der Waals surface area contributed by atoms with Gasteiger partial charge in [0, 0.05) is 24.2 Å². The van der Waals surface area contributed by atoms with Crippen LogP contribution in [0.25, 0.3) is 0 Å². The van der Waals surface area contributed by atoms with Crippen molar-refractivity contribution >= 4 is 27.3 Å². The molecule has 166 valence electrons. The van der Waals surface area contributed by atoms with Crippen LogP contribution in [0.5, 0.6) is 0 Å². The van der Waals surface area contributed by atoms with Crippen LogP contribution in [-0.4, -0.2) is 19.3 Å². The standard InChI is InChI=1S/C26H23N3O3S/c30-26(18-25(20-8-3-1-4-9-20)21-10-5-2-6-11-21)28-22-13-15-24(16-14-22)33(31,32)29-23-12-7-17-27-19-23/h1-17,19,25,29H,18H2,(H,28,30). The Morgan fingerprint density at radius 1 is 0.758 bits per heavy atom. The average molecular weight is 458 g/mol. The van der Waals surface area contributed by atoms with Crippen LogP contribution in [0.15, 0.2) is 114 Å². The molecule has 0 bridgehead atoms. The van der Waals surface area contributed by atoms with Gasteiger partial charge in [0.15, 0.2) is 0 Å². The maximum Gasteiger partial charge on any atom is 0.261 e. The number of amides is 1. The second-order valence-corrected chi connectivity index (χ2v) is 9.18. The Morgan fingerprint density at radius 2 is 1.36 bits per heavy atom. The van der Waals surface area contributed by atoms with Crippen molar-refractivity contribution in [1.82, 2.24) is 4.98 Å². The first kappa shape index (κ1) is 22.2. The summed E-state index contributed by atoms with van der Waals surface area (Å²) in [5.74, 6) is -0.243. The van der Waals surface area contributed by atoms with E-state index in [1.165, 1.54) is 18.3 Å². The monoisotopic (exact) mass is 457 g/mol. The number of sulfonamides is 1. The van der Waals surface area contributed by atoms with Crippen LogP contribution in [0.3, 0.4) is 0 Å². The number of carbonyl (C=O) groups excluding carboxylic acids is 1. The Balaban J connectivity index is 1.45. The lowest BCUT2D eigenvalue weighted by molar-refractivity contribution is -0.116. The van der Waals surface area contributed by atoms with E-state index in [0.29, 0.717) is 11.4 Å². The zero-order valence-electron chi connectivity index (χ0n) is 17.8. The molecule has 0 aliphatic rings. The molecule has 1 amide bonds. The molecule has 0 saturated heterocycles. The van der Waals surface area contributed by atoms with Gasteiger partial charge in [-0.05, 0) is 47.5 Å². The summed E-state index contributed by atoms with van der Waals surface area (Å²) in [5.41, 5.74) is 3.02. The molecule has 0 fully saturated rings. The zero-order chi connectivity index (χ0) is 23.1. The summed E-state index contributed by atoms with van der Waals surface area (Å²) in [6, 6.07) is 29.1. The van der Waals surface area contributed by atoms with Crippen LogP contribution < -0.4 is 10.0 Å². The Hall–Kier alpha value is -3.97. The minimum Gasteiger partial charge on any atom is -0.326 e. The Labute approximate surface area is 193 Å². The molecule has 0 radical (unpaired) electrons. The summed E-state index contributed by atoms with van der Waals surface area (Å²) in [5, 5.41) is 2.88. The number of anilines is 2. The minimum absolute atomic E-state index is 0.0873. The molecule has 0 unspecified atom stereocenters. The van der Waals surface area contributed by atoms with Crippen molar-refractivity contribution in [2.24, 2.45) is 0 Å². The maximum atomic E-state index is 12.8. The molecule has 3 aromatic carbocycles. The van der Waals surface area contributed by atoms with E-state index in [2.05, 4.69) is 15.0 Å². The first-order valence-corrected chi connectivity index (χ1v) is 11.9. The van der Waals surface area contributed by atoms with Gasteiger partial charge in [0.05, 0.1) is 16.8 Å². The van der Waals surface area contributed by atoms with Crippen LogP contribution in [0.2, 0.25) is 0 Å². The molecule has 0 saturated carbocycles. The van der Waals surface area contributed by atoms with E-state index in [1.54, 1.807) is 30.5 Å². The summed E-state index contributed by atoms with van der Waals surface area (Å²) in [7, 11) is -3.75. The molecule has 7 heteroatoms. The van der Waals surface area contributed by atoms with Crippen LogP contribution >= 0.6 is 0 Å². The highest BCUT2D eigenvalue weighted by Crippen LogP contribution is 2.28. The normalized spacial score (nSPS) is 11.2. The third kappa shape index (κ3) is 5.84. The number of nitrogens with zero attached hydrogens (tertiary/aromatic N) is 1. The smallest absolute Gasteiger partial charge is 0.261 e. The number of benzene rings is 3. The van der Waals surface area contributed by atoms with E-state index in [0.717, 1.165) is 11.1 Å². The van der Waals surface area contributed by atoms with Gasteiger partial charge >= 0.3 is 0 Å². The van der Waals surface area contributed by atoms with Crippen molar-refractivity contribution in [3.8, 4) is 0 Å². The number of hydrogen-bond donors (Lipinski definition) is 2. The summed E-state index contributed by atoms with van der Waals surface area (Å²) in [6.07, 6.45) is 3.26. The summed E-state index contributed by atoms with van der Waals surface area (Å²) < 4.78 is 27.6. The molecule has 4 rings (SSSR count). The van der Waals surface area contributed by atoms with E-state index >= 15 is 0 Å². The largest absolute Gasteiger partial charge is 0.326 e. The number of hydrogen-bond acceptors (Lipinski definition) is 4. The highest BCUT2D eigenvalue weighted by Gasteiger charge is 2.19. The third-order valence-corrected chi connectivity index (χ3v) is 6.55. The van der Waals surface area contributed by atoms with E-state index in [9.17, 15) is 13.2 Å². The third-order valence-electron chi connectivity index (χ3n) is 5.16. The fourth-order valence-corrected chi connectivity index (χ4v) is 4.59. The minimum atomic E-state index is -3.75. The topological polar surface area (TPSA) is 88.2 Å². The van der Waals surface area contributed by atoms with Crippen molar-refractivity contribution in [1.29, 1.82) is 0 Å². The highest BCUT2D eigenvalue weighted by molar-refractivity contribution is 7.92. The molecule has 1 aromatic heterocycles. The summed E-state index contributed by atoms with van der Waals surface area (Å²) in [4.78, 5) is 16.8. The molecule has 4 aromatic rings. The van der Waals surface area contributed by atoms with Gasteiger partial charge in [-0.2, -0.15) is 0 Å². The van der Waals surface area contributed by atoms with Crippen LogP contribution in [0.4, 0.5) is 11.4 Å². The van der Waals surface area contributed by atoms with E-state index in [4.69, 9.17) is 0 Å². The summed E-state index contributed by atoms with van der Waals surface area (Å²) >= 11 is 0. The molecule has 0 spiro atoms. The number of aromatic nitrogens is 1. The lowest BCUT2D eigenvalue weighted by Gasteiger charge is -2.18. The first-order chi connectivity index (χ1) is 16.0. The number of nitrogens with one attached hydrogen (secondary N) is 2. The molecular weight excluding hydrogens is 434 g/mol. The Morgan fingerprint density at radius 3 is 1.91 bits per heavy atom. The lowest BCUT2D eigenvalue weighted by atomic mass is 9.88. The predicted molar refractivity (Wildman–Crippen MR) is 129 cm³/mol. The SMILES string of the molecule is O=C(CC(c1ccccc1)c1ccccc1)Nc1ccc(S(=O)(=O)Nc2cccnc2)cc1. The second-order valence-electron chi connectivity index (χ2n) is 7.50. The Bertz CT molecular complexity index is 1260. The van der Waals surface area contributed by atoms with Gasteiger partial charge in [0.1, 0.15) is 0 Å².